The van der Waals surface area contributed by atoms with Gasteiger partial charge in [0.15, 0.2) is 0 Å². The normalized spacial score (nSPS) is 16.0. The van der Waals surface area contributed by atoms with Gasteiger partial charge in [-0.25, -0.2) is 0 Å². The number of unbranched alkanes of at least 4 members (excludes halogenated alkanes) is 1. The van der Waals surface area contributed by atoms with Gasteiger partial charge in [-0.1, -0.05) is 57.0 Å². The summed E-state index contributed by atoms with van der Waals surface area (Å²) in [5.41, 5.74) is 0.431. The molecular formula is C30H43N3O4. The molecule has 1 aromatic heterocycles. The van der Waals surface area contributed by atoms with E-state index in [4.69, 9.17) is 0 Å². The van der Waals surface area contributed by atoms with Gasteiger partial charge in [0, 0.05) is 49.9 Å². The highest BCUT2D eigenvalue weighted by Crippen LogP contribution is 2.28. The number of likely N-dealkylation sites (tertiary alicyclic amines) is 1. The minimum absolute atomic E-state index is 0.00757. The van der Waals surface area contributed by atoms with Crippen LogP contribution in [0.5, 0.6) is 0 Å². The molecule has 0 aliphatic carbocycles. The Bertz CT molecular complexity index is 1120. The molecule has 37 heavy (non-hydrogen) atoms. The molecule has 0 unspecified atom stereocenters. The van der Waals surface area contributed by atoms with Gasteiger partial charge in [-0.15, -0.1) is 0 Å². The van der Waals surface area contributed by atoms with Gasteiger partial charge in [0.25, 0.3) is 11.5 Å². The summed E-state index contributed by atoms with van der Waals surface area (Å²) in [6.07, 6.45) is 6.22. The Morgan fingerprint density at radius 2 is 1.76 bits per heavy atom. The highest BCUT2D eigenvalue weighted by Gasteiger charge is 2.36. The number of carbonyl (C=O) groups is 2. The highest BCUT2D eigenvalue weighted by molar-refractivity contribution is 6.00. The second-order valence-corrected chi connectivity index (χ2v) is 10.7. The molecule has 7 heteroatoms. The van der Waals surface area contributed by atoms with Crippen molar-refractivity contribution in [1.29, 1.82) is 0 Å². The third-order valence-corrected chi connectivity index (χ3v) is 7.75. The second-order valence-electron chi connectivity index (χ2n) is 10.7. The molecule has 1 aliphatic rings. The van der Waals surface area contributed by atoms with Crippen molar-refractivity contribution in [2.75, 3.05) is 20.1 Å². The van der Waals surface area contributed by atoms with Crippen molar-refractivity contribution < 1.29 is 14.7 Å². The van der Waals surface area contributed by atoms with Crippen LogP contribution in [0.3, 0.4) is 0 Å². The van der Waals surface area contributed by atoms with Crippen LogP contribution in [0.1, 0.15) is 76.6 Å². The molecule has 7 nitrogen and oxygen atoms in total. The molecular weight excluding hydrogens is 466 g/mol. The van der Waals surface area contributed by atoms with E-state index in [0.717, 1.165) is 31.2 Å². The van der Waals surface area contributed by atoms with E-state index >= 15 is 0 Å². The molecule has 3 rings (SSSR count). The van der Waals surface area contributed by atoms with Crippen LogP contribution in [-0.4, -0.2) is 63.1 Å². The summed E-state index contributed by atoms with van der Waals surface area (Å²) in [7, 11) is 1.75. The smallest absolute Gasteiger partial charge is 0.255 e. The Kier molecular flexibility index (Phi) is 9.71. The molecule has 1 saturated heterocycles. The van der Waals surface area contributed by atoms with Gasteiger partial charge in [0.1, 0.15) is 0 Å². The fraction of sp³-hybridized carbons (Fsp3) is 0.567. The predicted molar refractivity (Wildman–Crippen MR) is 147 cm³/mol. The number of piperidine rings is 1. The number of carbonyl (C=O) groups excluding carboxylic acids is 2. The maximum absolute atomic E-state index is 13.4. The lowest BCUT2D eigenvalue weighted by Gasteiger charge is -2.39. The number of pyridine rings is 1. The van der Waals surface area contributed by atoms with Gasteiger partial charge in [-0.05, 0) is 45.1 Å². The fourth-order valence-corrected chi connectivity index (χ4v) is 4.98. The molecule has 202 valence electrons. The maximum Gasteiger partial charge on any atom is 0.255 e. The highest BCUT2D eigenvalue weighted by atomic mass is 16.3. The first-order valence-electron chi connectivity index (χ1n) is 13.7. The number of hydrogen-bond donors (Lipinski definition) is 1. The molecule has 1 fully saturated rings. The molecule has 1 aromatic carbocycles. The zero-order valence-electron chi connectivity index (χ0n) is 23.1. The Balaban J connectivity index is 1.84. The summed E-state index contributed by atoms with van der Waals surface area (Å²) in [5, 5.41) is 11.4. The van der Waals surface area contributed by atoms with Crippen LogP contribution in [-0.2, 0) is 11.3 Å². The number of aromatic nitrogens is 1. The third kappa shape index (κ3) is 6.89. The zero-order chi connectivity index (χ0) is 27.2. The average Bonchev–Trinajstić information content (AvgIpc) is 2.89. The van der Waals surface area contributed by atoms with Crippen LogP contribution < -0.4 is 5.56 Å². The van der Waals surface area contributed by atoms with E-state index in [1.54, 1.807) is 18.1 Å². The van der Waals surface area contributed by atoms with Crippen LogP contribution in [0.15, 0.2) is 47.4 Å². The number of benzene rings is 1. The number of rotatable bonds is 10. The molecule has 0 radical (unpaired) electrons. The number of hydrogen-bond acceptors (Lipinski definition) is 4. The SMILES string of the molecule is CCCC[C@H](CC)C(=O)N1CCC(O)(Cn2cc(C(=O)N(C)C(C)C)c(-c3ccccc3)cc2=O)CC1. The van der Waals surface area contributed by atoms with Gasteiger partial charge in [-0.3, -0.25) is 14.4 Å². The monoisotopic (exact) mass is 509 g/mol. The quantitative estimate of drug-likeness (QED) is 0.509. The molecule has 1 atom stereocenters. The Morgan fingerprint density at radius 3 is 2.32 bits per heavy atom. The van der Waals surface area contributed by atoms with E-state index in [-0.39, 0.29) is 35.9 Å². The average molecular weight is 510 g/mol. The van der Waals surface area contributed by atoms with Gasteiger partial charge in [0.05, 0.1) is 17.7 Å². The van der Waals surface area contributed by atoms with Crippen LogP contribution in [0, 0.1) is 5.92 Å². The Labute approximate surface area is 221 Å². The van der Waals surface area contributed by atoms with E-state index in [2.05, 4.69) is 13.8 Å². The van der Waals surface area contributed by atoms with Gasteiger partial charge in [-0.2, -0.15) is 0 Å². The van der Waals surface area contributed by atoms with E-state index in [9.17, 15) is 19.5 Å². The standard InChI is InChI=1S/C30H43N3O4/c1-6-8-12-23(7-2)28(35)32-17-15-30(37,16-18-32)21-33-20-26(29(36)31(5)22(3)4)25(19-27(33)34)24-13-10-9-11-14-24/h9-11,13-14,19-20,22-23,37H,6-8,12,15-18,21H2,1-5H3/t23-/m0/s1. The minimum Gasteiger partial charge on any atom is -0.388 e. The van der Waals surface area contributed by atoms with E-state index < -0.39 is 5.60 Å². The van der Waals surface area contributed by atoms with E-state index in [1.807, 2.05) is 49.1 Å². The maximum atomic E-state index is 13.4. The number of nitrogens with zero attached hydrogens (tertiary/aromatic N) is 3. The lowest BCUT2D eigenvalue weighted by Crippen LogP contribution is -2.51. The molecule has 1 aliphatic heterocycles. The Morgan fingerprint density at radius 1 is 1.11 bits per heavy atom. The van der Waals surface area contributed by atoms with Crippen molar-refractivity contribution in [3.8, 4) is 11.1 Å². The fourth-order valence-electron chi connectivity index (χ4n) is 4.98. The summed E-state index contributed by atoms with van der Waals surface area (Å²) < 4.78 is 1.46. The molecule has 0 bridgehead atoms. The largest absolute Gasteiger partial charge is 0.388 e. The number of aliphatic hydroxyl groups is 1. The van der Waals surface area contributed by atoms with Crippen LogP contribution in [0.25, 0.3) is 11.1 Å². The predicted octanol–water partition coefficient (Wildman–Crippen LogP) is 4.57. The molecule has 0 saturated carbocycles. The summed E-state index contributed by atoms with van der Waals surface area (Å²) in [6, 6.07) is 10.9. The summed E-state index contributed by atoms with van der Waals surface area (Å²) in [6.45, 7) is 9.10. The van der Waals surface area contributed by atoms with E-state index in [1.165, 1.54) is 10.6 Å². The van der Waals surface area contributed by atoms with Crippen LogP contribution in [0.4, 0.5) is 0 Å². The van der Waals surface area contributed by atoms with E-state index in [0.29, 0.717) is 37.1 Å². The van der Waals surface area contributed by atoms with Crippen molar-refractivity contribution >= 4 is 11.8 Å². The van der Waals surface area contributed by atoms with Crippen molar-refractivity contribution in [2.45, 2.75) is 84.4 Å². The molecule has 2 aromatic rings. The topological polar surface area (TPSA) is 82.8 Å². The molecule has 0 spiro atoms. The third-order valence-electron chi connectivity index (χ3n) is 7.75. The summed E-state index contributed by atoms with van der Waals surface area (Å²) in [5.74, 6) is 0.0329. The lowest BCUT2D eigenvalue weighted by atomic mass is 9.89. The van der Waals surface area contributed by atoms with Crippen LogP contribution in [0.2, 0.25) is 0 Å². The van der Waals surface area contributed by atoms with Crippen molar-refractivity contribution in [1.82, 2.24) is 14.4 Å². The Hall–Kier alpha value is -2.93. The first kappa shape index (κ1) is 28.6. The van der Waals surface area contributed by atoms with Gasteiger partial charge >= 0.3 is 0 Å². The molecule has 2 amide bonds. The molecule has 2 heterocycles. The molecule has 1 N–H and O–H groups in total. The van der Waals surface area contributed by atoms with Crippen molar-refractivity contribution in [2.24, 2.45) is 5.92 Å². The van der Waals surface area contributed by atoms with Crippen LogP contribution >= 0.6 is 0 Å². The number of amides is 2. The van der Waals surface area contributed by atoms with Gasteiger partial charge in [0.2, 0.25) is 5.91 Å². The lowest BCUT2D eigenvalue weighted by molar-refractivity contribution is -0.140. The first-order valence-corrected chi connectivity index (χ1v) is 13.7. The summed E-state index contributed by atoms with van der Waals surface area (Å²) >= 11 is 0. The van der Waals surface area contributed by atoms with Gasteiger partial charge < -0.3 is 19.5 Å². The minimum atomic E-state index is -1.12. The second kappa shape index (κ2) is 12.5. The van der Waals surface area contributed by atoms with Crippen molar-refractivity contribution in [3.63, 3.8) is 0 Å². The first-order chi connectivity index (χ1) is 17.6. The van der Waals surface area contributed by atoms with Crippen molar-refractivity contribution in [3.05, 3.63) is 58.5 Å². The summed E-state index contributed by atoms with van der Waals surface area (Å²) in [4.78, 5) is 43.1. The zero-order valence-corrected chi connectivity index (χ0v) is 23.1.